The summed E-state index contributed by atoms with van der Waals surface area (Å²) in [6, 6.07) is 22.9. The van der Waals surface area contributed by atoms with E-state index in [0.717, 1.165) is 5.75 Å². The standard InChI is InChI=1S/C25H22N2O4/c1-17(25(30)27-21-10-8-19(9-11-21)18(2)28)16-24(29)26-20-12-14-23(15-13-20)31-22-6-4-3-5-7-22/h3-16H,1-2H3,(H,26,29)(H,27,30)/b17-16-. The Bertz CT molecular complexity index is 1100. The second-order valence-electron chi connectivity index (χ2n) is 6.84. The van der Waals surface area contributed by atoms with Gasteiger partial charge in [0.2, 0.25) is 5.91 Å². The highest BCUT2D eigenvalue weighted by atomic mass is 16.5. The molecule has 0 aromatic heterocycles. The third kappa shape index (κ3) is 6.40. The molecule has 0 saturated carbocycles. The van der Waals surface area contributed by atoms with E-state index in [4.69, 9.17) is 4.74 Å². The van der Waals surface area contributed by atoms with Gasteiger partial charge in [0, 0.05) is 28.6 Å². The topological polar surface area (TPSA) is 84.5 Å². The van der Waals surface area contributed by atoms with Crippen LogP contribution in [-0.4, -0.2) is 17.6 Å². The maximum atomic E-state index is 12.3. The molecule has 3 aromatic rings. The number of carbonyl (C=O) groups is 3. The lowest BCUT2D eigenvalue weighted by Gasteiger charge is -2.08. The fourth-order valence-electron chi connectivity index (χ4n) is 2.69. The SMILES string of the molecule is CC(=O)c1ccc(NC(=O)/C(C)=C\C(=O)Nc2ccc(Oc3ccccc3)cc2)cc1. The van der Waals surface area contributed by atoms with Crippen molar-refractivity contribution in [3.63, 3.8) is 0 Å². The number of ketones is 1. The second-order valence-corrected chi connectivity index (χ2v) is 6.84. The molecule has 6 nitrogen and oxygen atoms in total. The van der Waals surface area contributed by atoms with Crippen LogP contribution in [0, 0.1) is 0 Å². The molecular formula is C25H22N2O4. The van der Waals surface area contributed by atoms with Gasteiger partial charge in [-0.3, -0.25) is 14.4 Å². The van der Waals surface area contributed by atoms with Gasteiger partial charge >= 0.3 is 0 Å². The number of para-hydroxylation sites is 1. The molecular weight excluding hydrogens is 392 g/mol. The van der Waals surface area contributed by atoms with Crippen molar-refractivity contribution in [1.29, 1.82) is 0 Å². The lowest BCUT2D eigenvalue weighted by Crippen LogP contribution is -2.16. The zero-order valence-corrected chi connectivity index (χ0v) is 17.2. The molecule has 0 heterocycles. The predicted octanol–water partition coefficient (Wildman–Crippen LogP) is 5.21. The Kier molecular flexibility index (Phi) is 6.96. The van der Waals surface area contributed by atoms with Gasteiger partial charge in [0.05, 0.1) is 0 Å². The average molecular weight is 414 g/mol. The summed E-state index contributed by atoms with van der Waals surface area (Å²) in [6.45, 7) is 3.03. The normalized spacial score (nSPS) is 10.8. The zero-order chi connectivity index (χ0) is 22.2. The minimum atomic E-state index is -0.420. The molecule has 156 valence electrons. The number of hydrogen-bond acceptors (Lipinski definition) is 4. The minimum absolute atomic E-state index is 0.0507. The van der Waals surface area contributed by atoms with E-state index in [9.17, 15) is 14.4 Å². The number of rotatable bonds is 7. The lowest BCUT2D eigenvalue weighted by molar-refractivity contribution is -0.114. The number of Topliss-reactive ketones (excluding diaryl/α,β-unsaturated/α-hetero) is 1. The van der Waals surface area contributed by atoms with Gasteiger partial charge in [-0.05, 0) is 74.5 Å². The molecule has 0 bridgehead atoms. The first-order valence-electron chi connectivity index (χ1n) is 9.65. The van der Waals surface area contributed by atoms with Crippen molar-refractivity contribution in [1.82, 2.24) is 0 Å². The van der Waals surface area contributed by atoms with E-state index in [1.807, 2.05) is 30.3 Å². The van der Waals surface area contributed by atoms with Crippen LogP contribution in [0.4, 0.5) is 11.4 Å². The highest BCUT2D eigenvalue weighted by molar-refractivity contribution is 6.10. The summed E-state index contributed by atoms with van der Waals surface area (Å²) < 4.78 is 5.72. The van der Waals surface area contributed by atoms with Gasteiger partial charge in [0.15, 0.2) is 5.78 Å². The molecule has 0 spiro atoms. The van der Waals surface area contributed by atoms with Crippen molar-refractivity contribution in [3.05, 3.63) is 96.1 Å². The van der Waals surface area contributed by atoms with Crippen LogP contribution in [-0.2, 0) is 9.59 Å². The molecule has 0 aliphatic rings. The van der Waals surface area contributed by atoms with Gasteiger partial charge in [-0.2, -0.15) is 0 Å². The molecule has 0 unspecified atom stereocenters. The van der Waals surface area contributed by atoms with Crippen LogP contribution in [0.3, 0.4) is 0 Å². The summed E-state index contributed by atoms with van der Waals surface area (Å²) in [5.41, 5.74) is 1.92. The summed E-state index contributed by atoms with van der Waals surface area (Å²) in [5, 5.41) is 5.41. The molecule has 31 heavy (non-hydrogen) atoms. The van der Waals surface area contributed by atoms with Crippen LogP contribution in [0.2, 0.25) is 0 Å². The van der Waals surface area contributed by atoms with E-state index < -0.39 is 11.8 Å². The van der Waals surface area contributed by atoms with Crippen molar-refractivity contribution >= 4 is 29.0 Å². The van der Waals surface area contributed by atoms with E-state index in [1.165, 1.54) is 13.0 Å². The van der Waals surface area contributed by atoms with Gasteiger partial charge < -0.3 is 15.4 Å². The van der Waals surface area contributed by atoms with Crippen molar-refractivity contribution in [3.8, 4) is 11.5 Å². The average Bonchev–Trinajstić information content (AvgIpc) is 2.76. The maximum Gasteiger partial charge on any atom is 0.251 e. The molecule has 2 N–H and O–H groups in total. The third-order valence-corrected chi connectivity index (χ3v) is 4.36. The fraction of sp³-hybridized carbons (Fsp3) is 0.0800. The van der Waals surface area contributed by atoms with Crippen LogP contribution in [0.5, 0.6) is 11.5 Å². The first kappa shape index (κ1) is 21.5. The maximum absolute atomic E-state index is 12.3. The van der Waals surface area contributed by atoms with Crippen molar-refractivity contribution in [2.75, 3.05) is 10.6 Å². The zero-order valence-electron chi connectivity index (χ0n) is 17.2. The summed E-state index contributed by atoms with van der Waals surface area (Å²) in [4.78, 5) is 35.8. The Morgan fingerprint density at radius 2 is 1.26 bits per heavy atom. The quantitative estimate of drug-likeness (QED) is 0.411. The van der Waals surface area contributed by atoms with E-state index in [2.05, 4.69) is 10.6 Å². The smallest absolute Gasteiger partial charge is 0.251 e. The Labute approximate surface area is 180 Å². The van der Waals surface area contributed by atoms with E-state index in [-0.39, 0.29) is 11.4 Å². The van der Waals surface area contributed by atoms with Crippen molar-refractivity contribution < 1.29 is 19.1 Å². The second kappa shape index (κ2) is 10.0. The number of anilines is 2. The molecule has 0 radical (unpaired) electrons. The first-order chi connectivity index (χ1) is 14.9. The predicted molar refractivity (Wildman–Crippen MR) is 120 cm³/mol. The van der Waals surface area contributed by atoms with Crippen LogP contribution < -0.4 is 15.4 Å². The molecule has 3 aromatic carbocycles. The highest BCUT2D eigenvalue weighted by Crippen LogP contribution is 2.22. The molecule has 3 rings (SSSR count). The summed E-state index contributed by atoms with van der Waals surface area (Å²) in [7, 11) is 0. The summed E-state index contributed by atoms with van der Waals surface area (Å²) >= 11 is 0. The third-order valence-electron chi connectivity index (χ3n) is 4.36. The van der Waals surface area contributed by atoms with E-state index >= 15 is 0 Å². The molecule has 0 aliphatic carbocycles. The molecule has 2 amide bonds. The summed E-state index contributed by atoms with van der Waals surface area (Å²) in [5.74, 6) is 0.491. The Morgan fingerprint density at radius 3 is 1.87 bits per heavy atom. The van der Waals surface area contributed by atoms with Crippen LogP contribution >= 0.6 is 0 Å². The van der Waals surface area contributed by atoms with E-state index in [0.29, 0.717) is 22.7 Å². The number of carbonyl (C=O) groups excluding carboxylic acids is 3. The number of hydrogen-bond donors (Lipinski definition) is 2. The van der Waals surface area contributed by atoms with Crippen LogP contribution in [0.1, 0.15) is 24.2 Å². The monoisotopic (exact) mass is 414 g/mol. The van der Waals surface area contributed by atoms with E-state index in [1.54, 1.807) is 55.5 Å². The van der Waals surface area contributed by atoms with Crippen LogP contribution in [0.25, 0.3) is 0 Å². The minimum Gasteiger partial charge on any atom is -0.457 e. The largest absolute Gasteiger partial charge is 0.457 e. The lowest BCUT2D eigenvalue weighted by atomic mass is 10.1. The van der Waals surface area contributed by atoms with Gasteiger partial charge in [-0.25, -0.2) is 0 Å². The van der Waals surface area contributed by atoms with Gasteiger partial charge in [-0.15, -0.1) is 0 Å². The number of ether oxygens (including phenoxy) is 1. The van der Waals surface area contributed by atoms with Gasteiger partial charge in [0.25, 0.3) is 5.91 Å². The number of nitrogens with one attached hydrogen (secondary N) is 2. The molecule has 0 fully saturated rings. The number of amides is 2. The highest BCUT2D eigenvalue weighted by Gasteiger charge is 2.09. The molecule has 0 atom stereocenters. The fourth-order valence-corrected chi connectivity index (χ4v) is 2.69. The molecule has 0 aliphatic heterocycles. The Balaban J connectivity index is 1.55. The summed E-state index contributed by atoms with van der Waals surface area (Å²) in [6.07, 6.45) is 1.23. The Morgan fingerprint density at radius 1 is 0.710 bits per heavy atom. The van der Waals surface area contributed by atoms with Crippen molar-refractivity contribution in [2.24, 2.45) is 0 Å². The first-order valence-corrected chi connectivity index (χ1v) is 9.65. The number of benzene rings is 3. The van der Waals surface area contributed by atoms with Gasteiger partial charge in [0.1, 0.15) is 11.5 Å². The molecule has 0 saturated heterocycles. The van der Waals surface area contributed by atoms with Crippen LogP contribution in [0.15, 0.2) is 90.5 Å². The Hall–Kier alpha value is -4.19. The van der Waals surface area contributed by atoms with Crippen molar-refractivity contribution in [2.45, 2.75) is 13.8 Å². The molecule has 6 heteroatoms. The van der Waals surface area contributed by atoms with Gasteiger partial charge in [-0.1, -0.05) is 18.2 Å².